The number of hydrogen-bond acceptors (Lipinski definition) is 3. The molecular weight excluding hydrogens is 354 g/mol. The summed E-state index contributed by atoms with van der Waals surface area (Å²) in [6, 6.07) is 3.17. The summed E-state index contributed by atoms with van der Waals surface area (Å²) in [6.07, 6.45) is 2.31. The number of aromatic nitrogens is 2. The monoisotopic (exact) mass is 376 g/mol. The highest BCUT2D eigenvalue weighted by atomic mass is 19.2. The number of nitrogens with one attached hydrogen (secondary N) is 1. The zero-order valence-corrected chi connectivity index (χ0v) is 15.2. The van der Waals surface area contributed by atoms with Gasteiger partial charge in [0.1, 0.15) is 0 Å². The molecule has 8 heteroatoms. The Hall–Kier alpha value is -2.64. The Morgan fingerprint density at radius 2 is 1.85 bits per heavy atom. The predicted molar refractivity (Wildman–Crippen MR) is 96.5 cm³/mol. The average Bonchev–Trinajstić information content (AvgIpc) is 3.25. The van der Waals surface area contributed by atoms with Gasteiger partial charge >= 0.3 is 6.09 Å². The summed E-state index contributed by atoms with van der Waals surface area (Å²) in [5.41, 5.74) is 1.56. The lowest BCUT2D eigenvalue weighted by molar-refractivity contribution is 0.152. The Morgan fingerprint density at radius 3 is 2.41 bits per heavy atom. The standard InChI is InChI=1S/C19H22F2N4O2/c1-10-15(9-24(2)23-10)14-3-4-16(18(21)17(14)20)22-13-5-11-7-25(19(26)27)8-12(11)6-13/h3-4,9,11-13,22H,5-8H2,1-2H3,(H,26,27)/t11-,12+,13-. The normalized spacial score (nSPS) is 24.3. The van der Waals surface area contributed by atoms with Gasteiger partial charge in [0.15, 0.2) is 11.6 Å². The molecule has 2 heterocycles. The summed E-state index contributed by atoms with van der Waals surface area (Å²) in [7, 11) is 1.74. The van der Waals surface area contributed by atoms with Gasteiger partial charge < -0.3 is 15.3 Å². The fraction of sp³-hybridized carbons (Fsp3) is 0.474. The van der Waals surface area contributed by atoms with Gasteiger partial charge in [-0.3, -0.25) is 4.68 Å². The highest BCUT2D eigenvalue weighted by molar-refractivity contribution is 5.69. The Bertz CT molecular complexity index is 884. The summed E-state index contributed by atoms with van der Waals surface area (Å²) in [6.45, 7) is 2.80. The van der Waals surface area contributed by atoms with E-state index < -0.39 is 17.7 Å². The van der Waals surface area contributed by atoms with Gasteiger partial charge in [0, 0.05) is 43.5 Å². The Labute approximate surface area is 155 Å². The molecule has 1 saturated heterocycles. The van der Waals surface area contributed by atoms with Crippen molar-refractivity contribution in [1.29, 1.82) is 0 Å². The summed E-state index contributed by atoms with van der Waals surface area (Å²) in [5, 5.41) is 16.4. The molecule has 1 aliphatic heterocycles. The first-order valence-electron chi connectivity index (χ1n) is 9.06. The number of halogens is 2. The van der Waals surface area contributed by atoms with Gasteiger partial charge in [-0.2, -0.15) is 5.10 Å². The smallest absolute Gasteiger partial charge is 0.407 e. The van der Waals surface area contributed by atoms with Gasteiger partial charge in [-0.15, -0.1) is 0 Å². The van der Waals surface area contributed by atoms with E-state index in [2.05, 4.69) is 10.4 Å². The largest absolute Gasteiger partial charge is 0.465 e. The Balaban J connectivity index is 1.49. The minimum atomic E-state index is -0.889. The molecule has 2 N–H and O–H groups in total. The van der Waals surface area contributed by atoms with Crippen LogP contribution in [0.4, 0.5) is 19.3 Å². The van der Waals surface area contributed by atoms with Gasteiger partial charge in [0.2, 0.25) is 0 Å². The molecule has 1 saturated carbocycles. The zero-order chi connectivity index (χ0) is 19.3. The van der Waals surface area contributed by atoms with Crippen molar-refractivity contribution in [3.05, 3.63) is 35.7 Å². The molecule has 0 unspecified atom stereocenters. The van der Waals surface area contributed by atoms with Crippen molar-refractivity contribution in [2.24, 2.45) is 18.9 Å². The number of rotatable bonds is 3. The molecule has 3 atom stereocenters. The van der Waals surface area contributed by atoms with E-state index in [-0.39, 0.29) is 29.1 Å². The summed E-state index contributed by atoms with van der Waals surface area (Å²) in [5.74, 6) is -1.21. The quantitative estimate of drug-likeness (QED) is 0.861. The van der Waals surface area contributed by atoms with Crippen LogP contribution in [0.25, 0.3) is 11.1 Å². The molecule has 0 radical (unpaired) electrons. The first-order valence-corrected chi connectivity index (χ1v) is 9.06. The number of carbonyl (C=O) groups is 1. The molecule has 27 heavy (non-hydrogen) atoms. The van der Waals surface area contributed by atoms with Crippen LogP contribution < -0.4 is 5.32 Å². The number of fused-ring (bicyclic) bond motifs is 1. The molecule has 0 spiro atoms. The van der Waals surface area contributed by atoms with E-state index in [1.165, 1.54) is 4.90 Å². The van der Waals surface area contributed by atoms with Crippen molar-refractivity contribution < 1.29 is 18.7 Å². The second kappa shape index (κ2) is 6.51. The maximum atomic E-state index is 14.7. The molecule has 1 aromatic heterocycles. The average molecular weight is 376 g/mol. The SMILES string of the molecule is Cc1nn(C)cc1-c1ccc(N[C@@H]2C[C@@H]3CN(C(=O)O)C[C@@H]3C2)c(F)c1F. The second-order valence-corrected chi connectivity index (χ2v) is 7.61. The van der Waals surface area contributed by atoms with Gasteiger partial charge in [-0.1, -0.05) is 0 Å². The van der Waals surface area contributed by atoms with Gasteiger partial charge in [-0.05, 0) is 43.7 Å². The van der Waals surface area contributed by atoms with Crippen molar-refractivity contribution in [1.82, 2.24) is 14.7 Å². The Kier molecular flexibility index (Phi) is 4.28. The molecule has 1 amide bonds. The van der Waals surface area contributed by atoms with Crippen molar-refractivity contribution in [2.45, 2.75) is 25.8 Å². The van der Waals surface area contributed by atoms with Crippen molar-refractivity contribution in [2.75, 3.05) is 18.4 Å². The van der Waals surface area contributed by atoms with Crippen LogP contribution in [0, 0.1) is 30.4 Å². The van der Waals surface area contributed by atoms with Crippen LogP contribution in [0.5, 0.6) is 0 Å². The van der Waals surface area contributed by atoms with E-state index >= 15 is 0 Å². The first-order chi connectivity index (χ1) is 12.8. The van der Waals surface area contributed by atoms with Crippen LogP contribution in [-0.4, -0.2) is 45.0 Å². The highest BCUT2D eigenvalue weighted by Gasteiger charge is 2.42. The lowest BCUT2D eigenvalue weighted by atomic mass is 10.0. The third kappa shape index (κ3) is 3.13. The minimum absolute atomic E-state index is 0.0239. The highest BCUT2D eigenvalue weighted by Crippen LogP contribution is 2.40. The molecule has 2 aromatic rings. The van der Waals surface area contributed by atoms with Gasteiger partial charge in [0.25, 0.3) is 0 Å². The third-order valence-electron chi connectivity index (χ3n) is 5.77. The fourth-order valence-electron chi connectivity index (χ4n) is 4.53. The Morgan fingerprint density at radius 1 is 1.19 bits per heavy atom. The predicted octanol–water partition coefficient (Wildman–Crippen LogP) is 3.47. The maximum absolute atomic E-state index is 14.7. The molecule has 144 valence electrons. The van der Waals surface area contributed by atoms with Crippen LogP contribution in [-0.2, 0) is 7.05 Å². The fourth-order valence-corrected chi connectivity index (χ4v) is 4.53. The molecule has 0 bridgehead atoms. The van der Waals surface area contributed by atoms with E-state index in [9.17, 15) is 13.6 Å². The van der Waals surface area contributed by atoms with Crippen molar-refractivity contribution in [3.8, 4) is 11.1 Å². The lowest BCUT2D eigenvalue weighted by Gasteiger charge is -2.19. The van der Waals surface area contributed by atoms with Crippen LogP contribution in [0.2, 0.25) is 0 Å². The van der Waals surface area contributed by atoms with E-state index in [1.54, 1.807) is 37.0 Å². The number of hydrogen-bond donors (Lipinski definition) is 2. The van der Waals surface area contributed by atoms with Crippen LogP contribution in [0.15, 0.2) is 18.3 Å². The first kappa shape index (κ1) is 17.8. The van der Waals surface area contributed by atoms with Crippen molar-refractivity contribution >= 4 is 11.8 Å². The number of aryl methyl sites for hydroxylation is 2. The topological polar surface area (TPSA) is 70.4 Å². The van der Waals surface area contributed by atoms with Gasteiger partial charge in [0.05, 0.1) is 11.4 Å². The number of anilines is 1. The minimum Gasteiger partial charge on any atom is -0.465 e. The molecule has 2 aliphatic rings. The van der Waals surface area contributed by atoms with Crippen LogP contribution in [0.1, 0.15) is 18.5 Å². The summed E-state index contributed by atoms with van der Waals surface area (Å²) >= 11 is 0. The van der Waals surface area contributed by atoms with E-state index in [4.69, 9.17) is 5.11 Å². The zero-order valence-electron chi connectivity index (χ0n) is 15.2. The second-order valence-electron chi connectivity index (χ2n) is 7.61. The van der Waals surface area contributed by atoms with Crippen LogP contribution >= 0.6 is 0 Å². The number of amides is 1. The van der Waals surface area contributed by atoms with Crippen LogP contribution in [0.3, 0.4) is 0 Å². The molecule has 4 rings (SSSR count). The molecule has 6 nitrogen and oxygen atoms in total. The molecule has 1 aliphatic carbocycles. The molecule has 1 aromatic carbocycles. The number of nitrogens with zero attached hydrogens (tertiary/aromatic N) is 3. The van der Waals surface area contributed by atoms with E-state index in [0.717, 1.165) is 12.8 Å². The molecular formula is C19H22F2N4O2. The number of carboxylic acid groups (broad SMARTS) is 1. The summed E-state index contributed by atoms with van der Waals surface area (Å²) in [4.78, 5) is 12.5. The van der Waals surface area contributed by atoms with Crippen molar-refractivity contribution in [3.63, 3.8) is 0 Å². The lowest BCUT2D eigenvalue weighted by Crippen LogP contribution is -2.29. The summed E-state index contributed by atoms with van der Waals surface area (Å²) < 4.78 is 30.9. The molecule has 2 fully saturated rings. The number of likely N-dealkylation sites (tertiary alicyclic amines) is 1. The number of benzene rings is 1. The third-order valence-corrected chi connectivity index (χ3v) is 5.77. The van der Waals surface area contributed by atoms with E-state index in [1.807, 2.05) is 0 Å². The van der Waals surface area contributed by atoms with E-state index in [0.29, 0.717) is 24.3 Å². The van der Waals surface area contributed by atoms with Gasteiger partial charge in [-0.25, -0.2) is 13.6 Å². The maximum Gasteiger partial charge on any atom is 0.407 e.